The summed E-state index contributed by atoms with van der Waals surface area (Å²) in [5, 5.41) is 0.879. The van der Waals surface area contributed by atoms with Gasteiger partial charge >= 0.3 is 0 Å². The molecular weight excluding hydrogens is 210 g/mol. The van der Waals surface area contributed by atoms with E-state index in [9.17, 15) is 0 Å². The molecular formula is C4H6ClI. The van der Waals surface area contributed by atoms with Crippen LogP contribution in [0.1, 0.15) is 6.92 Å². The van der Waals surface area contributed by atoms with Crippen LogP contribution in [-0.2, 0) is 0 Å². The summed E-state index contributed by atoms with van der Waals surface area (Å²) in [7, 11) is 0. The van der Waals surface area contributed by atoms with Crippen LogP contribution in [0.25, 0.3) is 0 Å². The smallest absolute Gasteiger partial charge is 0.0190 e. The van der Waals surface area contributed by atoms with Crippen LogP contribution >= 0.6 is 34.2 Å². The van der Waals surface area contributed by atoms with Crippen molar-refractivity contribution in [1.82, 2.24) is 0 Å². The monoisotopic (exact) mass is 216 g/mol. The zero-order chi connectivity index (χ0) is 4.99. The second kappa shape index (κ2) is 3.93. The maximum absolute atomic E-state index is 5.43. The van der Waals surface area contributed by atoms with Gasteiger partial charge in [-0.1, -0.05) is 40.3 Å². The third-order valence-electron chi connectivity index (χ3n) is 0.358. The lowest BCUT2D eigenvalue weighted by Crippen LogP contribution is -1.58. The minimum absolute atomic E-state index is 0.879. The van der Waals surface area contributed by atoms with Crippen molar-refractivity contribution in [2.45, 2.75) is 6.92 Å². The Bertz CT molecular complexity index is 54.6. The van der Waals surface area contributed by atoms with Gasteiger partial charge < -0.3 is 0 Å². The zero-order valence-electron chi connectivity index (χ0n) is 3.54. The van der Waals surface area contributed by atoms with Gasteiger partial charge in [0.15, 0.2) is 0 Å². The van der Waals surface area contributed by atoms with Crippen LogP contribution < -0.4 is 0 Å². The average Bonchev–Trinajstić information content (AvgIpc) is 1.35. The van der Waals surface area contributed by atoms with E-state index in [1.807, 2.05) is 13.0 Å². The molecule has 0 aromatic heterocycles. The lowest BCUT2D eigenvalue weighted by atomic mass is 10.6. The molecule has 2 heteroatoms. The highest BCUT2D eigenvalue weighted by Crippen LogP contribution is 1.97. The van der Waals surface area contributed by atoms with Gasteiger partial charge in [-0.25, -0.2) is 0 Å². The standard InChI is InChI=1S/C4H6ClI/c1-4(5)2-3-6/h2H,3H2,1H3/b4-2-. The largest absolute Gasteiger partial charge is 0.0898 e. The molecule has 0 nitrogen and oxygen atoms in total. The van der Waals surface area contributed by atoms with Crippen LogP contribution in [0, 0.1) is 0 Å². The van der Waals surface area contributed by atoms with E-state index in [-0.39, 0.29) is 0 Å². The molecule has 0 aliphatic heterocycles. The Kier molecular flexibility index (Phi) is 4.43. The van der Waals surface area contributed by atoms with Gasteiger partial charge in [-0.3, -0.25) is 0 Å². The molecule has 0 saturated heterocycles. The van der Waals surface area contributed by atoms with Crippen molar-refractivity contribution in [3.05, 3.63) is 11.1 Å². The number of rotatable bonds is 1. The SMILES string of the molecule is C/C(Cl)=C/CI. The summed E-state index contributed by atoms with van der Waals surface area (Å²) in [4.78, 5) is 0. The van der Waals surface area contributed by atoms with E-state index in [1.54, 1.807) is 0 Å². The molecule has 0 saturated carbocycles. The highest BCUT2D eigenvalue weighted by molar-refractivity contribution is 14.1. The van der Waals surface area contributed by atoms with Gasteiger partial charge in [0.1, 0.15) is 0 Å². The zero-order valence-corrected chi connectivity index (χ0v) is 6.45. The normalized spacial score (nSPS) is 12.2. The van der Waals surface area contributed by atoms with Crippen molar-refractivity contribution in [1.29, 1.82) is 0 Å². The van der Waals surface area contributed by atoms with Crippen LogP contribution in [0.2, 0.25) is 0 Å². The molecule has 0 spiro atoms. The second-order valence-corrected chi connectivity index (χ2v) is 2.42. The van der Waals surface area contributed by atoms with Gasteiger partial charge in [0.2, 0.25) is 0 Å². The number of halogens is 2. The van der Waals surface area contributed by atoms with Crippen LogP contribution in [0.4, 0.5) is 0 Å². The summed E-state index contributed by atoms with van der Waals surface area (Å²) in [5.74, 6) is 0. The van der Waals surface area contributed by atoms with Crippen molar-refractivity contribution >= 4 is 34.2 Å². The van der Waals surface area contributed by atoms with Gasteiger partial charge in [-0.2, -0.15) is 0 Å². The number of hydrogen-bond donors (Lipinski definition) is 0. The van der Waals surface area contributed by atoms with E-state index >= 15 is 0 Å². The van der Waals surface area contributed by atoms with E-state index in [4.69, 9.17) is 11.6 Å². The van der Waals surface area contributed by atoms with Crippen LogP contribution in [0.5, 0.6) is 0 Å². The summed E-state index contributed by atoms with van der Waals surface area (Å²) in [5.41, 5.74) is 0. The van der Waals surface area contributed by atoms with Gasteiger partial charge in [0.25, 0.3) is 0 Å². The van der Waals surface area contributed by atoms with E-state index in [0.717, 1.165) is 9.46 Å². The van der Waals surface area contributed by atoms with Crippen LogP contribution in [0.3, 0.4) is 0 Å². The average molecular weight is 216 g/mol. The predicted octanol–water partition coefficient (Wildman–Crippen LogP) is 2.56. The highest BCUT2D eigenvalue weighted by Gasteiger charge is 1.71. The third kappa shape index (κ3) is 4.76. The molecule has 0 heterocycles. The quantitative estimate of drug-likeness (QED) is 0.467. The number of alkyl halides is 1. The van der Waals surface area contributed by atoms with Crippen molar-refractivity contribution < 1.29 is 0 Å². The summed E-state index contributed by atoms with van der Waals surface area (Å²) in [6.07, 6.45) is 1.96. The molecule has 0 amide bonds. The molecule has 0 aliphatic rings. The Labute approximate surface area is 56.7 Å². The Balaban J connectivity index is 3.14. The van der Waals surface area contributed by atoms with Gasteiger partial charge in [0.05, 0.1) is 0 Å². The summed E-state index contributed by atoms with van der Waals surface area (Å²) in [6.45, 7) is 1.88. The first-order chi connectivity index (χ1) is 2.77. The first-order valence-electron chi connectivity index (χ1n) is 1.65. The molecule has 0 fully saturated rings. The molecule has 36 valence electrons. The molecule has 0 aromatic rings. The molecule has 0 atom stereocenters. The number of allylic oxidation sites excluding steroid dienone is 2. The summed E-state index contributed by atoms with van der Waals surface area (Å²) < 4.78 is 1.01. The maximum atomic E-state index is 5.43. The summed E-state index contributed by atoms with van der Waals surface area (Å²) in [6, 6.07) is 0. The lowest BCUT2D eigenvalue weighted by molar-refractivity contribution is 1.62. The van der Waals surface area contributed by atoms with Crippen molar-refractivity contribution in [2.24, 2.45) is 0 Å². The third-order valence-corrected chi connectivity index (χ3v) is 0.953. The fourth-order valence-electron chi connectivity index (χ4n) is 0.106. The first-order valence-corrected chi connectivity index (χ1v) is 3.56. The second-order valence-electron chi connectivity index (χ2n) is 0.945. The minimum Gasteiger partial charge on any atom is -0.0898 e. The fourth-order valence-corrected chi connectivity index (χ4v) is 1.10. The van der Waals surface area contributed by atoms with Crippen LogP contribution in [0.15, 0.2) is 11.1 Å². The minimum atomic E-state index is 0.879. The Morgan fingerprint density at radius 2 is 2.50 bits per heavy atom. The molecule has 0 N–H and O–H groups in total. The molecule has 0 aliphatic carbocycles. The topological polar surface area (TPSA) is 0 Å². The lowest BCUT2D eigenvalue weighted by Gasteiger charge is -1.76. The molecule has 0 rings (SSSR count). The van der Waals surface area contributed by atoms with Gasteiger partial charge in [-0.05, 0) is 6.92 Å². The number of hydrogen-bond acceptors (Lipinski definition) is 0. The molecule has 0 aromatic carbocycles. The first kappa shape index (κ1) is 6.76. The molecule has 0 bridgehead atoms. The molecule has 0 unspecified atom stereocenters. The van der Waals surface area contributed by atoms with Crippen molar-refractivity contribution in [2.75, 3.05) is 4.43 Å². The van der Waals surface area contributed by atoms with Crippen molar-refractivity contribution in [3.8, 4) is 0 Å². The molecule has 0 radical (unpaired) electrons. The highest BCUT2D eigenvalue weighted by atomic mass is 127. The van der Waals surface area contributed by atoms with E-state index in [0.29, 0.717) is 0 Å². The molecule has 6 heavy (non-hydrogen) atoms. The Morgan fingerprint density at radius 3 is 2.50 bits per heavy atom. The van der Waals surface area contributed by atoms with Crippen molar-refractivity contribution in [3.63, 3.8) is 0 Å². The summed E-state index contributed by atoms with van der Waals surface area (Å²) >= 11 is 7.68. The Morgan fingerprint density at radius 1 is 2.00 bits per heavy atom. The van der Waals surface area contributed by atoms with E-state index in [1.165, 1.54) is 0 Å². The predicted molar refractivity (Wildman–Crippen MR) is 38.5 cm³/mol. The van der Waals surface area contributed by atoms with Gasteiger partial charge in [-0.15, -0.1) is 0 Å². The van der Waals surface area contributed by atoms with Crippen LogP contribution in [-0.4, -0.2) is 4.43 Å². The van der Waals surface area contributed by atoms with E-state index in [2.05, 4.69) is 22.6 Å². The van der Waals surface area contributed by atoms with Gasteiger partial charge in [0, 0.05) is 9.46 Å². The van der Waals surface area contributed by atoms with E-state index < -0.39 is 0 Å². The Hall–Kier alpha value is 0.760. The fraction of sp³-hybridized carbons (Fsp3) is 0.500. The maximum Gasteiger partial charge on any atom is 0.0190 e.